The van der Waals surface area contributed by atoms with Gasteiger partial charge in [-0.05, 0) is 55.3 Å². The molecular formula is C25H28O6. The molecule has 0 amide bonds. The van der Waals surface area contributed by atoms with Crippen molar-refractivity contribution in [2.75, 3.05) is 33.7 Å². The van der Waals surface area contributed by atoms with Crippen molar-refractivity contribution in [1.29, 1.82) is 0 Å². The molecule has 2 aromatic carbocycles. The molecule has 0 saturated carbocycles. The number of ether oxygens (including phenoxy) is 6. The van der Waals surface area contributed by atoms with Crippen LogP contribution in [0.3, 0.4) is 0 Å². The first-order valence-corrected chi connectivity index (χ1v) is 10.7. The molecule has 4 unspecified atom stereocenters. The van der Waals surface area contributed by atoms with Gasteiger partial charge in [0.2, 0.25) is 6.79 Å². The van der Waals surface area contributed by atoms with E-state index < -0.39 is 0 Å². The fourth-order valence-electron chi connectivity index (χ4n) is 4.61. The lowest BCUT2D eigenvalue weighted by Gasteiger charge is -2.19. The van der Waals surface area contributed by atoms with E-state index in [0.29, 0.717) is 25.7 Å². The summed E-state index contributed by atoms with van der Waals surface area (Å²) in [5.74, 6) is 3.61. The van der Waals surface area contributed by atoms with Gasteiger partial charge in [0, 0.05) is 11.8 Å². The summed E-state index contributed by atoms with van der Waals surface area (Å²) < 4.78 is 35.0. The maximum absolute atomic E-state index is 6.28. The number of hydrogen-bond acceptors (Lipinski definition) is 6. The molecule has 2 aromatic rings. The van der Waals surface area contributed by atoms with Gasteiger partial charge in [-0.3, -0.25) is 0 Å². The Balaban J connectivity index is 1.34. The molecule has 0 radical (unpaired) electrons. The highest BCUT2D eigenvalue weighted by molar-refractivity contribution is 5.46. The minimum atomic E-state index is -0.0271. The molecule has 3 aliphatic rings. The largest absolute Gasteiger partial charge is 0.493 e. The Morgan fingerprint density at radius 2 is 1.58 bits per heavy atom. The second kappa shape index (κ2) is 8.44. The van der Waals surface area contributed by atoms with Gasteiger partial charge in [0.05, 0.1) is 32.5 Å². The molecule has 0 spiro atoms. The third-order valence-corrected chi connectivity index (χ3v) is 6.24. The molecule has 6 heteroatoms. The lowest BCUT2D eigenvalue weighted by atomic mass is 9.85. The molecule has 0 aromatic heterocycles. The van der Waals surface area contributed by atoms with E-state index in [4.69, 9.17) is 28.4 Å². The van der Waals surface area contributed by atoms with Crippen molar-refractivity contribution in [2.45, 2.75) is 26.1 Å². The number of allylic oxidation sites excluding steroid dienone is 1. The van der Waals surface area contributed by atoms with Crippen LogP contribution in [0.1, 0.15) is 37.2 Å². The summed E-state index contributed by atoms with van der Waals surface area (Å²) >= 11 is 0. The second-order valence-corrected chi connectivity index (χ2v) is 8.45. The number of benzene rings is 2. The third-order valence-electron chi connectivity index (χ3n) is 6.24. The molecule has 6 nitrogen and oxygen atoms in total. The first kappa shape index (κ1) is 20.2. The average molecular weight is 424 g/mol. The van der Waals surface area contributed by atoms with E-state index in [-0.39, 0.29) is 24.9 Å². The minimum absolute atomic E-state index is 0.00358. The van der Waals surface area contributed by atoms with Crippen LogP contribution >= 0.6 is 0 Å². The summed E-state index contributed by atoms with van der Waals surface area (Å²) in [7, 11) is 1.66. The highest BCUT2D eigenvalue weighted by Gasteiger charge is 2.48. The van der Waals surface area contributed by atoms with E-state index in [1.165, 1.54) is 5.57 Å². The van der Waals surface area contributed by atoms with Crippen LogP contribution in [-0.2, 0) is 9.47 Å². The Kier molecular flexibility index (Phi) is 5.50. The average Bonchev–Trinajstić information content (AvgIpc) is 3.49. The van der Waals surface area contributed by atoms with Crippen LogP contribution < -0.4 is 18.9 Å². The van der Waals surface area contributed by atoms with Gasteiger partial charge in [0.15, 0.2) is 23.0 Å². The third kappa shape index (κ3) is 3.86. The summed E-state index contributed by atoms with van der Waals surface area (Å²) in [5.41, 5.74) is 3.42. The predicted molar refractivity (Wildman–Crippen MR) is 115 cm³/mol. The van der Waals surface area contributed by atoms with Crippen LogP contribution in [0.5, 0.6) is 23.0 Å². The zero-order valence-electron chi connectivity index (χ0n) is 18.1. The fraction of sp³-hybridized carbons (Fsp3) is 0.440. The van der Waals surface area contributed by atoms with Gasteiger partial charge in [-0.1, -0.05) is 17.7 Å². The van der Waals surface area contributed by atoms with Crippen molar-refractivity contribution in [3.05, 3.63) is 59.2 Å². The first-order chi connectivity index (χ1) is 15.1. The van der Waals surface area contributed by atoms with E-state index in [0.717, 1.165) is 34.1 Å². The Morgan fingerprint density at radius 3 is 2.29 bits per heavy atom. The quantitative estimate of drug-likeness (QED) is 0.619. The van der Waals surface area contributed by atoms with Gasteiger partial charge in [0.25, 0.3) is 0 Å². The summed E-state index contributed by atoms with van der Waals surface area (Å²) in [4.78, 5) is 0. The molecule has 2 saturated heterocycles. The monoisotopic (exact) mass is 424 g/mol. The zero-order valence-corrected chi connectivity index (χ0v) is 18.1. The van der Waals surface area contributed by atoms with Crippen LogP contribution in [0.25, 0.3) is 0 Å². The SMILES string of the molecule is COc1ccc(C2OCC3C(c4ccc5c(c4)OCO5)OCC23)cc1OCC=C(C)C. The van der Waals surface area contributed by atoms with Gasteiger partial charge in [-0.25, -0.2) is 0 Å². The molecule has 0 bridgehead atoms. The van der Waals surface area contributed by atoms with Crippen molar-refractivity contribution >= 4 is 0 Å². The summed E-state index contributed by atoms with van der Waals surface area (Å²) in [6.07, 6.45) is 2.02. The number of methoxy groups -OCH3 is 1. The molecule has 3 aliphatic heterocycles. The van der Waals surface area contributed by atoms with Gasteiger partial charge in [-0.2, -0.15) is 0 Å². The van der Waals surface area contributed by atoms with E-state index in [9.17, 15) is 0 Å². The normalized spacial score (nSPS) is 25.9. The van der Waals surface area contributed by atoms with Gasteiger partial charge in [-0.15, -0.1) is 0 Å². The number of rotatable bonds is 6. The van der Waals surface area contributed by atoms with Crippen molar-refractivity contribution in [1.82, 2.24) is 0 Å². The molecule has 4 atom stereocenters. The van der Waals surface area contributed by atoms with Crippen molar-refractivity contribution in [2.24, 2.45) is 11.8 Å². The lowest BCUT2D eigenvalue weighted by Crippen LogP contribution is -2.14. The molecule has 164 valence electrons. The van der Waals surface area contributed by atoms with Crippen molar-refractivity contribution in [3.8, 4) is 23.0 Å². The van der Waals surface area contributed by atoms with Crippen molar-refractivity contribution in [3.63, 3.8) is 0 Å². The smallest absolute Gasteiger partial charge is 0.231 e. The molecule has 5 rings (SSSR count). The van der Waals surface area contributed by atoms with Crippen LogP contribution in [-0.4, -0.2) is 33.7 Å². The van der Waals surface area contributed by atoms with Crippen molar-refractivity contribution < 1.29 is 28.4 Å². The molecule has 31 heavy (non-hydrogen) atoms. The Morgan fingerprint density at radius 1 is 0.903 bits per heavy atom. The molecule has 0 N–H and O–H groups in total. The Labute approximate surface area is 182 Å². The molecule has 3 heterocycles. The highest BCUT2D eigenvalue weighted by atomic mass is 16.7. The summed E-state index contributed by atoms with van der Waals surface area (Å²) in [5, 5.41) is 0. The number of fused-ring (bicyclic) bond motifs is 2. The summed E-state index contributed by atoms with van der Waals surface area (Å²) in [6, 6.07) is 12.1. The van der Waals surface area contributed by atoms with Gasteiger partial charge >= 0.3 is 0 Å². The molecule has 0 aliphatic carbocycles. The van der Waals surface area contributed by atoms with Crippen LogP contribution in [0.4, 0.5) is 0 Å². The predicted octanol–water partition coefficient (Wildman–Crippen LogP) is 4.84. The molecular weight excluding hydrogens is 396 g/mol. The maximum atomic E-state index is 6.28. The maximum Gasteiger partial charge on any atom is 0.231 e. The Bertz CT molecular complexity index is 980. The van der Waals surface area contributed by atoms with E-state index >= 15 is 0 Å². The van der Waals surface area contributed by atoms with E-state index in [1.807, 2.05) is 24.3 Å². The van der Waals surface area contributed by atoms with E-state index in [2.05, 4.69) is 32.1 Å². The molecule has 2 fully saturated rings. The van der Waals surface area contributed by atoms with Crippen LogP contribution in [0.15, 0.2) is 48.0 Å². The van der Waals surface area contributed by atoms with Crippen LogP contribution in [0, 0.1) is 11.8 Å². The van der Waals surface area contributed by atoms with Crippen LogP contribution in [0.2, 0.25) is 0 Å². The number of hydrogen-bond donors (Lipinski definition) is 0. The minimum Gasteiger partial charge on any atom is -0.493 e. The summed E-state index contributed by atoms with van der Waals surface area (Å²) in [6.45, 7) is 6.22. The van der Waals surface area contributed by atoms with E-state index in [1.54, 1.807) is 7.11 Å². The second-order valence-electron chi connectivity index (χ2n) is 8.45. The highest BCUT2D eigenvalue weighted by Crippen LogP contribution is 2.51. The zero-order chi connectivity index (χ0) is 21.4. The standard InChI is InChI=1S/C25H28O6/c1-15(2)8-9-27-22-10-16(4-6-20(22)26-3)24-18-12-29-25(19(18)13-28-24)17-5-7-21-23(11-17)31-14-30-21/h4-8,10-11,18-19,24-25H,9,12-14H2,1-3H3. The van der Waals surface area contributed by atoms with Gasteiger partial charge < -0.3 is 28.4 Å². The topological polar surface area (TPSA) is 55.4 Å². The first-order valence-electron chi connectivity index (χ1n) is 10.7. The lowest BCUT2D eigenvalue weighted by molar-refractivity contribution is 0.0191. The fourth-order valence-corrected chi connectivity index (χ4v) is 4.61. The Hall–Kier alpha value is -2.70. The van der Waals surface area contributed by atoms with Gasteiger partial charge in [0.1, 0.15) is 6.61 Å².